The first-order chi connectivity index (χ1) is 12.3. The Morgan fingerprint density at radius 2 is 2.08 bits per heavy atom. The first-order valence-corrected chi connectivity index (χ1v) is 8.64. The number of hydrogen-bond donors (Lipinski definition) is 2. The van der Waals surface area contributed by atoms with E-state index in [1.807, 2.05) is 12.3 Å². The number of aromatic nitrogens is 3. The van der Waals surface area contributed by atoms with E-state index in [1.165, 1.54) is 5.56 Å². The maximum Gasteiger partial charge on any atom is 0.129 e. The van der Waals surface area contributed by atoms with Gasteiger partial charge >= 0.3 is 0 Å². The SMILES string of the molecule is Cc1cc2[nH]nc(-c3ccnc(N4CCOCC4)c3)c2cc1CCO. The molecular formula is C19H22N4O2. The minimum Gasteiger partial charge on any atom is -0.396 e. The van der Waals surface area contributed by atoms with Crippen molar-refractivity contribution in [2.24, 2.45) is 0 Å². The van der Waals surface area contributed by atoms with Gasteiger partial charge < -0.3 is 14.7 Å². The molecule has 3 heterocycles. The average Bonchev–Trinajstić information content (AvgIpc) is 3.06. The number of morpholine rings is 1. The standard InChI is InChI=1S/C19H22N4O2/c1-13-10-17-16(11-14(13)3-7-24)19(22-21-17)15-2-4-20-18(12-15)23-5-8-25-9-6-23/h2,4,10-12,24H,3,5-9H2,1H3,(H,21,22). The number of aryl methyl sites for hydroxylation is 1. The van der Waals surface area contributed by atoms with Gasteiger partial charge in [0.1, 0.15) is 11.5 Å². The Labute approximate surface area is 146 Å². The van der Waals surface area contributed by atoms with Crippen LogP contribution < -0.4 is 4.90 Å². The van der Waals surface area contributed by atoms with Gasteiger partial charge in [0.2, 0.25) is 0 Å². The van der Waals surface area contributed by atoms with E-state index in [4.69, 9.17) is 4.74 Å². The van der Waals surface area contributed by atoms with Crippen molar-refractivity contribution in [3.8, 4) is 11.3 Å². The second-order valence-corrected chi connectivity index (χ2v) is 6.37. The predicted molar refractivity (Wildman–Crippen MR) is 97.9 cm³/mol. The summed E-state index contributed by atoms with van der Waals surface area (Å²) in [6.07, 6.45) is 2.49. The highest BCUT2D eigenvalue weighted by Crippen LogP contribution is 2.30. The molecule has 4 rings (SSSR count). The first-order valence-electron chi connectivity index (χ1n) is 8.64. The average molecular weight is 338 g/mol. The predicted octanol–water partition coefficient (Wildman–Crippen LogP) is 2.30. The molecule has 0 saturated carbocycles. The summed E-state index contributed by atoms with van der Waals surface area (Å²) in [7, 11) is 0. The summed E-state index contributed by atoms with van der Waals surface area (Å²) in [5.41, 5.74) is 5.30. The maximum absolute atomic E-state index is 9.29. The lowest BCUT2D eigenvalue weighted by atomic mass is 10.0. The van der Waals surface area contributed by atoms with Crippen molar-refractivity contribution in [3.63, 3.8) is 0 Å². The van der Waals surface area contributed by atoms with Crippen LogP contribution in [0.25, 0.3) is 22.2 Å². The fourth-order valence-electron chi connectivity index (χ4n) is 3.36. The van der Waals surface area contributed by atoms with E-state index in [9.17, 15) is 5.11 Å². The summed E-state index contributed by atoms with van der Waals surface area (Å²) >= 11 is 0. The number of fused-ring (bicyclic) bond motifs is 1. The summed E-state index contributed by atoms with van der Waals surface area (Å²) in [6, 6.07) is 8.31. The van der Waals surface area contributed by atoms with Crippen molar-refractivity contribution in [1.29, 1.82) is 0 Å². The van der Waals surface area contributed by atoms with Crippen LogP contribution in [-0.4, -0.2) is 53.2 Å². The Bertz CT molecular complexity index is 884. The van der Waals surface area contributed by atoms with Crippen LogP contribution in [0.4, 0.5) is 5.82 Å². The largest absolute Gasteiger partial charge is 0.396 e. The number of anilines is 1. The molecule has 0 aliphatic carbocycles. The van der Waals surface area contributed by atoms with E-state index in [-0.39, 0.29) is 6.61 Å². The Morgan fingerprint density at radius 1 is 1.24 bits per heavy atom. The van der Waals surface area contributed by atoms with Gasteiger partial charge in [-0.2, -0.15) is 5.10 Å². The van der Waals surface area contributed by atoms with Crippen LogP contribution in [0.15, 0.2) is 30.5 Å². The van der Waals surface area contributed by atoms with Crippen LogP contribution in [-0.2, 0) is 11.2 Å². The summed E-state index contributed by atoms with van der Waals surface area (Å²) in [6.45, 7) is 5.40. The number of H-pyrrole nitrogens is 1. The molecule has 0 atom stereocenters. The molecule has 1 aliphatic rings. The second kappa shape index (κ2) is 6.82. The topological polar surface area (TPSA) is 74.3 Å². The van der Waals surface area contributed by atoms with Crippen molar-refractivity contribution in [2.75, 3.05) is 37.8 Å². The Kier molecular flexibility index (Phi) is 4.38. The van der Waals surface area contributed by atoms with Crippen LogP contribution in [0.2, 0.25) is 0 Å². The molecule has 3 aromatic rings. The Morgan fingerprint density at radius 3 is 2.88 bits per heavy atom. The van der Waals surface area contributed by atoms with E-state index in [2.05, 4.69) is 45.2 Å². The summed E-state index contributed by atoms with van der Waals surface area (Å²) < 4.78 is 5.42. The quantitative estimate of drug-likeness (QED) is 0.763. The summed E-state index contributed by atoms with van der Waals surface area (Å²) in [4.78, 5) is 6.75. The summed E-state index contributed by atoms with van der Waals surface area (Å²) in [5, 5.41) is 18.0. The molecule has 2 aromatic heterocycles. The molecule has 0 bridgehead atoms. The van der Waals surface area contributed by atoms with Gasteiger partial charge in [-0.1, -0.05) is 0 Å². The lowest BCUT2D eigenvalue weighted by Gasteiger charge is -2.27. The van der Waals surface area contributed by atoms with E-state index in [0.29, 0.717) is 6.42 Å². The third kappa shape index (κ3) is 3.10. The molecule has 6 heteroatoms. The van der Waals surface area contributed by atoms with Gasteiger partial charge in [-0.05, 0) is 48.7 Å². The van der Waals surface area contributed by atoms with E-state index in [1.54, 1.807) is 0 Å². The molecule has 0 spiro atoms. The third-order valence-corrected chi connectivity index (χ3v) is 4.75. The maximum atomic E-state index is 9.29. The molecule has 1 saturated heterocycles. The molecule has 1 aromatic carbocycles. The first kappa shape index (κ1) is 16.1. The number of nitrogens with zero attached hydrogens (tertiary/aromatic N) is 3. The van der Waals surface area contributed by atoms with Gasteiger partial charge in [0, 0.05) is 36.8 Å². The second-order valence-electron chi connectivity index (χ2n) is 6.37. The lowest BCUT2D eigenvalue weighted by molar-refractivity contribution is 0.122. The number of rotatable bonds is 4. The normalized spacial score (nSPS) is 15.0. The smallest absolute Gasteiger partial charge is 0.129 e. The van der Waals surface area contributed by atoms with E-state index >= 15 is 0 Å². The van der Waals surface area contributed by atoms with Gasteiger partial charge in [-0.25, -0.2) is 4.98 Å². The van der Waals surface area contributed by atoms with Gasteiger partial charge in [-0.15, -0.1) is 0 Å². The van der Waals surface area contributed by atoms with Crippen LogP contribution in [0, 0.1) is 6.92 Å². The highest BCUT2D eigenvalue weighted by molar-refractivity contribution is 5.94. The monoisotopic (exact) mass is 338 g/mol. The minimum absolute atomic E-state index is 0.149. The Balaban J connectivity index is 1.75. The van der Waals surface area contributed by atoms with Gasteiger partial charge in [0.05, 0.1) is 18.7 Å². The van der Waals surface area contributed by atoms with Crippen molar-refractivity contribution in [2.45, 2.75) is 13.3 Å². The van der Waals surface area contributed by atoms with Crippen LogP contribution in [0.3, 0.4) is 0 Å². The molecule has 0 unspecified atom stereocenters. The fraction of sp³-hybridized carbons (Fsp3) is 0.368. The van der Waals surface area contributed by atoms with Crippen molar-refractivity contribution in [1.82, 2.24) is 15.2 Å². The molecule has 0 radical (unpaired) electrons. The van der Waals surface area contributed by atoms with Gasteiger partial charge in [-0.3, -0.25) is 5.10 Å². The summed E-state index contributed by atoms with van der Waals surface area (Å²) in [5.74, 6) is 0.958. The van der Waals surface area contributed by atoms with Crippen LogP contribution >= 0.6 is 0 Å². The lowest BCUT2D eigenvalue weighted by Crippen LogP contribution is -2.36. The van der Waals surface area contributed by atoms with Crippen molar-refractivity contribution >= 4 is 16.7 Å². The Hall–Kier alpha value is -2.44. The minimum atomic E-state index is 0.149. The fourth-order valence-corrected chi connectivity index (χ4v) is 3.36. The number of aliphatic hydroxyl groups is 1. The van der Waals surface area contributed by atoms with Crippen LogP contribution in [0.1, 0.15) is 11.1 Å². The third-order valence-electron chi connectivity index (χ3n) is 4.75. The zero-order valence-electron chi connectivity index (χ0n) is 14.3. The zero-order chi connectivity index (χ0) is 17.2. The zero-order valence-corrected chi connectivity index (χ0v) is 14.3. The molecule has 1 aliphatic heterocycles. The molecule has 6 nitrogen and oxygen atoms in total. The van der Waals surface area contributed by atoms with Crippen LogP contribution in [0.5, 0.6) is 0 Å². The molecule has 130 valence electrons. The van der Waals surface area contributed by atoms with Gasteiger partial charge in [0.15, 0.2) is 0 Å². The number of aliphatic hydroxyl groups excluding tert-OH is 1. The van der Waals surface area contributed by atoms with Gasteiger partial charge in [0.25, 0.3) is 0 Å². The molecule has 0 amide bonds. The number of hydrogen-bond acceptors (Lipinski definition) is 5. The number of pyridine rings is 1. The van der Waals surface area contributed by atoms with Crippen molar-refractivity contribution in [3.05, 3.63) is 41.6 Å². The highest BCUT2D eigenvalue weighted by Gasteiger charge is 2.15. The van der Waals surface area contributed by atoms with E-state index < -0.39 is 0 Å². The number of ether oxygens (including phenoxy) is 1. The molecule has 1 fully saturated rings. The van der Waals surface area contributed by atoms with E-state index in [0.717, 1.165) is 59.8 Å². The number of benzene rings is 1. The number of nitrogens with one attached hydrogen (secondary N) is 1. The molecule has 2 N–H and O–H groups in total. The highest BCUT2D eigenvalue weighted by atomic mass is 16.5. The molecular weight excluding hydrogens is 316 g/mol. The number of aromatic amines is 1. The van der Waals surface area contributed by atoms with Crippen molar-refractivity contribution < 1.29 is 9.84 Å². The molecule has 25 heavy (non-hydrogen) atoms.